The summed E-state index contributed by atoms with van der Waals surface area (Å²) in [5.74, 6) is -4.57. The number of aromatic nitrogens is 1. The highest BCUT2D eigenvalue weighted by molar-refractivity contribution is 9.10. The first-order chi connectivity index (χ1) is 19.6. The summed E-state index contributed by atoms with van der Waals surface area (Å²) in [4.78, 5) is 60.0. The summed E-state index contributed by atoms with van der Waals surface area (Å²) in [5.41, 5.74) is -4.13. The van der Waals surface area contributed by atoms with Crippen molar-refractivity contribution in [2.24, 2.45) is 5.41 Å². The van der Waals surface area contributed by atoms with E-state index in [1.807, 2.05) is 30.3 Å². The molecule has 1 aromatic heterocycles. The van der Waals surface area contributed by atoms with E-state index in [9.17, 15) is 19.2 Å². The van der Waals surface area contributed by atoms with Gasteiger partial charge in [-0.2, -0.15) is 0 Å². The van der Waals surface area contributed by atoms with E-state index in [-0.39, 0.29) is 24.7 Å². The normalized spacial score (nSPS) is 12.0. The molecule has 224 valence electrons. The van der Waals surface area contributed by atoms with Gasteiger partial charge in [-0.1, -0.05) is 46.3 Å². The number of nitrogens with zero attached hydrogens (tertiary/aromatic N) is 1. The fraction of sp³-hybridized carbons (Fsp3) is 0.406. The van der Waals surface area contributed by atoms with Gasteiger partial charge in [-0.25, -0.2) is 4.98 Å². The zero-order valence-electron chi connectivity index (χ0n) is 24.9. The highest BCUT2D eigenvalue weighted by atomic mass is 79.9. The molecular weight excluding hydrogens is 606 g/mol. The van der Waals surface area contributed by atoms with Crippen molar-refractivity contribution < 1.29 is 38.1 Å². The number of halogens is 1. The van der Waals surface area contributed by atoms with Crippen LogP contribution in [0.3, 0.4) is 0 Å². The van der Waals surface area contributed by atoms with Crippen LogP contribution >= 0.6 is 15.9 Å². The SMILES string of the molecule is CCOC(=O)CC(C(=O)OC(C)(C)C)(C(=O)OC(C)(C)C)C(=O)c1nc2ccc(Br)cc2cc1OCc1ccccc1. The van der Waals surface area contributed by atoms with Gasteiger partial charge in [-0.05, 0) is 78.3 Å². The summed E-state index contributed by atoms with van der Waals surface area (Å²) in [6.07, 6.45) is -0.957. The maximum absolute atomic E-state index is 14.6. The maximum Gasteiger partial charge on any atom is 0.332 e. The first kappa shape index (κ1) is 32.7. The van der Waals surface area contributed by atoms with Gasteiger partial charge in [-0.3, -0.25) is 19.2 Å². The number of rotatable bonds is 10. The number of pyridine rings is 1. The van der Waals surface area contributed by atoms with E-state index in [0.29, 0.717) is 10.9 Å². The molecule has 0 amide bonds. The summed E-state index contributed by atoms with van der Waals surface area (Å²) in [6.45, 7) is 11.1. The molecule has 0 saturated heterocycles. The zero-order valence-corrected chi connectivity index (χ0v) is 26.5. The van der Waals surface area contributed by atoms with Gasteiger partial charge >= 0.3 is 17.9 Å². The fourth-order valence-electron chi connectivity index (χ4n) is 3.99. The third kappa shape index (κ3) is 8.15. The van der Waals surface area contributed by atoms with Gasteiger partial charge < -0.3 is 18.9 Å². The second-order valence-corrected chi connectivity index (χ2v) is 12.6. The molecule has 0 spiro atoms. The molecule has 0 aliphatic rings. The molecule has 42 heavy (non-hydrogen) atoms. The zero-order chi connectivity index (χ0) is 31.3. The van der Waals surface area contributed by atoms with Gasteiger partial charge in [0.1, 0.15) is 23.6 Å². The van der Waals surface area contributed by atoms with Crippen molar-refractivity contribution in [3.63, 3.8) is 0 Å². The van der Waals surface area contributed by atoms with Gasteiger partial charge in [0.05, 0.1) is 18.5 Å². The summed E-state index contributed by atoms with van der Waals surface area (Å²) < 4.78 is 23.1. The van der Waals surface area contributed by atoms with Crippen molar-refractivity contribution in [2.45, 2.75) is 72.7 Å². The van der Waals surface area contributed by atoms with Crippen LogP contribution in [0.15, 0.2) is 59.1 Å². The smallest absolute Gasteiger partial charge is 0.332 e. The predicted molar refractivity (Wildman–Crippen MR) is 160 cm³/mol. The Morgan fingerprint density at radius 3 is 1.98 bits per heavy atom. The minimum Gasteiger partial charge on any atom is -0.486 e. The van der Waals surface area contributed by atoms with E-state index in [4.69, 9.17) is 18.9 Å². The molecule has 1 heterocycles. The van der Waals surface area contributed by atoms with E-state index in [1.54, 1.807) is 72.7 Å². The van der Waals surface area contributed by atoms with Crippen LogP contribution in [-0.2, 0) is 35.2 Å². The van der Waals surface area contributed by atoms with Crippen molar-refractivity contribution in [3.05, 3.63) is 70.3 Å². The summed E-state index contributed by atoms with van der Waals surface area (Å²) in [6, 6.07) is 16.0. The van der Waals surface area contributed by atoms with Crippen molar-refractivity contribution in [3.8, 4) is 5.75 Å². The van der Waals surface area contributed by atoms with Gasteiger partial charge in [-0.15, -0.1) is 0 Å². The summed E-state index contributed by atoms with van der Waals surface area (Å²) in [5, 5.41) is 0.634. The van der Waals surface area contributed by atoms with Crippen LogP contribution in [0.1, 0.15) is 70.9 Å². The number of carbonyl (C=O) groups excluding carboxylic acids is 4. The lowest BCUT2D eigenvalue weighted by atomic mass is 9.77. The number of ether oxygens (including phenoxy) is 4. The third-order valence-corrected chi connectivity index (χ3v) is 6.28. The van der Waals surface area contributed by atoms with Crippen molar-refractivity contribution in [2.75, 3.05) is 6.61 Å². The Kier molecular flexibility index (Phi) is 10.1. The van der Waals surface area contributed by atoms with Crippen LogP contribution in [0.5, 0.6) is 5.75 Å². The van der Waals surface area contributed by atoms with Crippen LogP contribution in [0.25, 0.3) is 10.9 Å². The van der Waals surface area contributed by atoms with Gasteiger partial charge in [0.15, 0.2) is 5.69 Å². The number of Topliss-reactive ketones (excluding diaryl/α,β-unsaturated/α-hetero) is 1. The second-order valence-electron chi connectivity index (χ2n) is 11.7. The Balaban J connectivity index is 2.29. The first-order valence-electron chi connectivity index (χ1n) is 13.5. The Bertz CT molecular complexity index is 1440. The minimum atomic E-state index is -2.77. The van der Waals surface area contributed by atoms with Crippen molar-refractivity contribution >= 4 is 50.5 Å². The van der Waals surface area contributed by atoms with Crippen LogP contribution in [0.4, 0.5) is 0 Å². The van der Waals surface area contributed by atoms with Crippen LogP contribution in [0.2, 0.25) is 0 Å². The molecule has 9 nitrogen and oxygen atoms in total. The van der Waals surface area contributed by atoms with E-state index in [2.05, 4.69) is 20.9 Å². The van der Waals surface area contributed by atoms with E-state index < -0.39 is 46.7 Å². The fourth-order valence-corrected chi connectivity index (χ4v) is 4.37. The van der Waals surface area contributed by atoms with Crippen molar-refractivity contribution in [1.82, 2.24) is 4.98 Å². The average molecular weight is 643 g/mol. The average Bonchev–Trinajstić information content (AvgIpc) is 2.88. The maximum atomic E-state index is 14.6. The lowest BCUT2D eigenvalue weighted by Gasteiger charge is -2.33. The van der Waals surface area contributed by atoms with Gasteiger partial charge in [0.2, 0.25) is 11.2 Å². The Morgan fingerprint density at radius 2 is 1.43 bits per heavy atom. The topological polar surface area (TPSA) is 118 Å². The predicted octanol–water partition coefficient (Wildman–Crippen LogP) is 6.38. The molecule has 3 rings (SSSR count). The largest absolute Gasteiger partial charge is 0.486 e. The lowest BCUT2D eigenvalue weighted by molar-refractivity contribution is -0.184. The molecule has 0 bridgehead atoms. The first-order valence-corrected chi connectivity index (χ1v) is 14.3. The molecule has 0 radical (unpaired) electrons. The standard InChI is InChI=1S/C32H36BrNO8/c1-8-39-25(35)18-32(28(37)41-30(2,3)4,29(38)42-31(5,6)7)27(36)26-24(40-19-20-12-10-9-11-13-20)17-21-16-22(33)14-15-23(21)34-26/h9-17H,8,18-19H2,1-7H3. The van der Waals surface area contributed by atoms with Gasteiger partial charge in [0.25, 0.3) is 0 Å². The number of benzene rings is 2. The van der Waals surface area contributed by atoms with Gasteiger partial charge in [0, 0.05) is 9.86 Å². The molecule has 0 aliphatic heterocycles. The summed E-state index contributed by atoms with van der Waals surface area (Å²) in [7, 11) is 0. The Labute approximate surface area is 254 Å². The molecule has 0 unspecified atom stereocenters. The van der Waals surface area contributed by atoms with Crippen LogP contribution in [0, 0.1) is 5.41 Å². The number of esters is 3. The number of fused-ring (bicyclic) bond motifs is 1. The molecule has 0 saturated carbocycles. The van der Waals surface area contributed by atoms with E-state index in [1.165, 1.54) is 0 Å². The highest BCUT2D eigenvalue weighted by Gasteiger charge is 2.60. The van der Waals surface area contributed by atoms with E-state index in [0.717, 1.165) is 10.0 Å². The van der Waals surface area contributed by atoms with Crippen LogP contribution < -0.4 is 4.74 Å². The number of hydrogen-bond acceptors (Lipinski definition) is 9. The highest BCUT2D eigenvalue weighted by Crippen LogP contribution is 2.38. The lowest BCUT2D eigenvalue weighted by Crippen LogP contribution is -2.53. The molecule has 10 heteroatoms. The molecule has 0 atom stereocenters. The number of carbonyl (C=O) groups is 4. The number of hydrogen-bond donors (Lipinski definition) is 0. The Hall–Kier alpha value is -3.79. The molecule has 3 aromatic rings. The van der Waals surface area contributed by atoms with E-state index >= 15 is 0 Å². The van der Waals surface area contributed by atoms with Crippen molar-refractivity contribution in [1.29, 1.82) is 0 Å². The molecular formula is C32H36BrNO8. The molecule has 0 N–H and O–H groups in total. The summed E-state index contributed by atoms with van der Waals surface area (Å²) >= 11 is 3.44. The molecule has 0 fully saturated rings. The number of ketones is 1. The van der Waals surface area contributed by atoms with Crippen LogP contribution in [-0.4, -0.2) is 46.5 Å². The third-order valence-electron chi connectivity index (χ3n) is 5.79. The quantitative estimate of drug-likeness (QED) is 0.107. The second kappa shape index (κ2) is 13.0. The monoisotopic (exact) mass is 641 g/mol. The Morgan fingerprint density at radius 1 is 0.833 bits per heavy atom. The molecule has 0 aliphatic carbocycles. The molecule has 2 aromatic carbocycles. The minimum absolute atomic E-state index is 0.00908.